The molecule has 7 rings (SSSR count). The summed E-state index contributed by atoms with van der Waals surface area (Å²) >= 11 is 0. The number of nitrogens with zero attached hydrogens (tertiary/aromatic N) is 6. The third-order valence-corrected chi connectivity index (χ3v) is 9.56. The van der Waals surface area contributed by atoms with E-state index in [2.05, 4.69) is 32.1 Å². The first-order valence-electron chi connectivity index (χ1n) is 16.5. The molecule has 258 valence electrons. The lowest BCUT2D eigenvalue weighted by Crippen LogP contribution is -2.53. The lowest BCUT2D eigenvalue weighted by Gasteiger charge is -2.39. The van der Waals surface area contributed by atoms with Crippen molar-refractivity contribution in [3.63, 3.8) is 0 Å². The number of nitrogens with one attached hydrogen (secondary N) is 1. The quantitative estimate of drug-likeness (QED) is 0.241. The third-order valence-electron chi connectivity index (χ3n) is 9.56. The van der Waals surface area contributed by atoms with Gasteiger partial charge in [-0.15, -0.1) is 0 Å². The molecule has 0 aliphatic carbocycles. The number of likely N-dealkylation sites (N-methyl/N-ethyl adjacent to an activating group) is 1. The first-order valence-corrected chi connectivity index (χ1v) is 16.5. The molecule has 2 aliphatic heterocycles. The molecule has 0 spiro atoms. The van der Waals surface area contributed by atoms with Gasteiger partial charge in [-0.25, -0.2) is 0 Å². The first kappa shape index (κ1) is 33.2. The number of aromatic nitrogens is 2. The molecule has 0 saturated carbocycles. The first-order chi connectivity index (χ1) is 24.0. The molecule has 2 fully saturated rings. The molecule has 50 heavy (non-hydrogen) atoms. The second-order valence-electron chi connectivity index (χ2n) is 12.9. The fraction of sp³-hybridized carbons (Fsp3) is 0.297. The normalized spacial score (nSPS) is 16.2. The van der Waals surface area contributed by atoms with Gasteiger partial charge in [-0.1, -0.05) is 24.3 Å². The number of pyridine rings is 2. The Bertz CT molecular complexity index is 2070. The van der Waals surface area contributed by atoms with Gasteiger partial charge in [0.25, 0.3) is 5.91 Å². The number of carbonyl (C=O) groups is 2. The van der Waals surface area contributed by atoms with Crippen LogP contribution in [0.25, 0.3) is 32.9 Å². The largest absolute Gasteiger partial charge is 0.418 e. The molecule has 5 aromatic rings. The Labute approximate surface area is 287 Å². The highest BCUT2D eigenvalue weighted by Gasteiger charge is 2.36. The summed E-state index contributed by atoms with van der Waals surface area (Å²) in [7, 11) is 2.05. The number of para-hydroxylation sites is 1. The van der Waals surface area contributed by atoms with Crippen LogP contribution in [-0.4, -0.2) is 102 Å². The summed E-state index contributed by atoms with van der Waals surface area (Å²) in [5.74, 6) is -0.771. The Kier molecular flexibility index (Phi) is 9.02. The summed E-state index contributed by atoms with van der Waals surface area (Å²) in [6, 6.07) is 19.3. The fourth-order valence-electron chi connectivity index (χ4n) is 6.68. The number of amides is 2. The predicted octanol–water partition coefficient (Wildman–Crippen LogP) is 5.21. The van der Waals surface area contributed by atoms with Crippen LogP contribution in [-0.2, 0) is 11.0 Å². The van der Waals surface area contributed by atoms with Crippen LogP contribution in [0.4, 0.5) is 30.2 Å². The van der Waals surface area contributed by atoms with E-state index in [4.69, 9.17) is 5.73 Å². The lowest BCUT2D eigenvalue weighted by atomic mass is 10.0. The standard InChI is InChI=1S/C37H37F3N8O2/c1-45-10-12-46(13-11-45)23-34(49)48-16-14-47(15-17-48)33-9-7-27(20-30(33)37(38,39)40)44-35-28-19-24(6-8-32(28)43-22-29(35)36(41)50)26-18-25-4-2-3-5-31(25)42-21-26/h2-9,18-22H,10-17,23H2,1H3,(H2,41,50)(H,43,44). The summed E-state index contributed by atoms with van der Waals surface area (Å²) in [5.41, 5.74) is 8.37. The number of halogens is 3. The third kappa shape index (κ3) is 6.92. The average Bonchev–Trinajstić information content (AvgIpc) is 3.12. The highest BCUT2D eigenvalue weighted by Crippen LogP contribution is 2.40. The number of rotatable bonds is 7. The van der Waals surface area contributed by atoms with Gasteiger partial charge in [-0.2, -0.15) is 13.2 Å². The Hall–Kier alpha value is -5.27. The summed E-state index contributed by atoms with van der Waals surface area (Å²) in [4.78, 5) is 42.2. The van der Waals surface area contributed by atoms with Crippen LogP contribution in [0.3, 0.4) is 0 Å². The van der Waals surface area contributed by atoms with Crippen LogP contribution >= 0.6 is 0 Å². The van der Waals surface area contributed by atoms with Crippen LogP contribution < -0.4 is 16.0 Å². The Morgan fingerprint density at radius 2 is 1.56 bits per heavy atom. The molecule has 0 atom stereocenters. The Morgan fingerprint density at radius 3 is 2.30 bits per heavy atom. The molecule has 2 aliphatic rings. The van der Waals surface area contributed by atoms with Gasteiger partial charge >= 0.3 is 6.18 Å². The summed E-state index contributed by atoms with van der Waals surface area (Å²) in [5, 5.41) is 4.54. The van der Waals surface area contributed by atoms with Gasteiger partial charge in [-0.3, -0.25) is 24.5 Å². The number of nitrogens with two attached hydrogens (primary N) is 1. The average molecular weight is 683 g/mol. The number of anilines is 3. The van der Waals surface area contributed by atoms with Crippen molar-refractivity contribution < 1.29 is 22.8 Å². The SMILES string of the molecule is CN1CCN(CC(=O)N2CCN(c3ccc(Nc4c(C(N)=O)cnc5ccc(-c6cnc7ccccc7c6)cc45)cc3C(F)(F)F)CC2)CC1. The number of alkyl halides is 3. The van der Waals surface area contributed by atoms with E-state index in [9.17, 15) is 22.8 Å². The van der Waals surface area contributed by atoms with Crippen molar-refractivity contribution in [2.45, 2.75) is 6.18 Å². The van der Waals surface area contributed by atoms with Gasteiger partial charge in [0, 0.05) is 92.5 Å². The van der Waals surface area contributed by atoms with Gasteiger partial charge < -0.3 is 25.8 Å². The van der Waals surface area contributed by atoms with Crippen LogP contribution in [0, 0.1) is 0 Å². The number of primary amides is 1. The molecule has 0 bridgehead atoms. The molecular weight excluding hydrogens is 645 g/mol. The maximum absolute atomic E-state index is 14.6. The van der Waals surface area contributed by atoms with Gasteiger partial charge in [0.05, 0.1) is 34.4 Å². The molecule has 3 aromatic carbocycles. The van der Waals surface area contributed by atoms with Crippen LogP contribution in [0.5, 0.6) is 0 Å². The van der Waals surface area contributed by atoms with Gasteiger partial charge in [-0.05, 0) is 55.1 Å². The van der Waals surface area contributed by atoms with E-state index in [0.717, 1.165) is 54.3 Å². The number of benzene rings is 3. The molecule has 2 aromatic heterocycles. The number of piperazine rings is 2. The molecule has 0 radical (unpaired) electrons. The lowest BCUT2D eigenvalue weighted by molar-refractivity contribution is -0.137. The minimum absolute atomic E-state index is 0.000311. The zero-order valence-electron chi connectivity index (χ0n) is 27.6. The van der Waals surface area contributed by atoms with Crippen molar-refractivity contribution in [1.82, 2.24) is 24.7 Å². The molecule has 4 heterocycles. The number of hydrogen-bond acceptors (Lipinski definition) is 8. The number of carbonyl (C=O) groups excluding carboxylic acids is 2. The van der Waals surface area contributed by atoms with E-state index in [-0.39, 0.29) is 41.6 Å². The monoisotopic (exact) mass is 682 g/mol. The van der Waals surface area contributed by atoms with E-state index in [1.54, 1.807) is 28.1 Å². The highest BCUT2D eigenvalue weighted by atomic mass is 19.4. The summed E-state index contributed by atoms with van der Waals surface area (Å²) in [6.07, 6.45) is -1.59. The summed E-state index contributed by atoms with van der Waals surface area (Å²) < 4.78 is 43.8. The van der Waals surface area contributed by atoms with Crippen LogP contribution in [0.2, 0.25) is 0 Å². The van der Waals surface area contributed by atoms with Gasteiger partial charge in [0.15, 0.2) is 0 Å². The second kappa shape index (κ2) is 13.6. The molecule has 10 nitrogen and oxygen atoms in total. The fourth-order valence-corrected chi connectivity index (χ4v) is 6.68. The molecule has 13 heteroatoms. The molecule has 3 N–H and O–H groups in total. The van der Waals surface area contributed by atoms with E-state index < -0.39 is 17.6 Å². The van der Waals surface area contributed by atoms with Gasteiger partial charge in [0.2, 0.25) is 5.91 Å². The predicted molar refractivity (Wildman–Crippen MR) is 188 cm³/mol. The van der Waals surface area contributed by atoms with E-state index in [1.807, 2.05) is 42.5 Å². The number of hydrogen-bond donors (Lipinski definition) is 2. The molecule has 2 saturated heterocycles. The summed E-state index contributed by atoms with van der Waals surface area (Å²) in [6.45, 7) is 4.98. The zero-order valence-corrected chi connectivity index (χ0v) is 27.6. The van der Waals surface area contributed by atoms with Gasteiger partial charge in [0.1, 0.15) is 0 Å². The smallest absolute Gasteiger partial charge is 0.367 e. The van der Waals surface area contributed by atoms with Crippen LogP contribution in [0.15, 0.2) is 79.1 Å². The van der Waals surface area contributed by atoms with Crippen molar-refractivity contribution in [3.8, 4) is 11.1 Å². The zero-order chi connectivity index (χ0) is 35.0. The minimum Gasteiger partial charge on any atom is -0.367 e. The second-order valence-corrected chi connectivity index (χ2v) is 12.9. The Morgan fingerprint density at radius 1 is 0.820 bits per heavy atom. The molecular formula is C37H37F3N8O2. The van der Waals surface area contributed by atoms with E-state index in [0.29, 0.717) is 30.5 Å². The maximum Gasteiger partial charge on any atom is 0.418 e. The van der Waals surface area contributed by atoms with E-state index >= 15 is 0 Å². The minimum atomic E-state index is -4.66. The van der Waals surface area contributed by atoms with E-state index in [1.165, 1.54) is 12.3 Å². The van der Waals surface area contributed by atoms with Crippen molar-refractivity contribution in [2.75, 3.05) is 76.2 Å². The molecule has 0 unspecified atom stereocenters. The van der Waals surface area contributed by atoms with Crippen LogP contribution in [0.1, 0.15) is 15.9 Å². The van der Waals surface area contributed by atoms with Crippen molar-refractivity contribution in [1.29, 1.82) is 0 Å². The Balaban J connectivity index is 1.15. The number of fused-ring (bicyclic) bond motifs is 2. The van der Waals surface area contributed by atoms with Crippen molar-refractivity contribution >= 4 is 50.7 Å². The maximum atomic E-state index is 14.6. The highest BCUT2D eigenvalue weighted by molar-refractivity contribution is 6.08. The van der Waals surface area contributed by atoms with Crippen molar-refractivity contribution in [2.24, 2.45) is 5.73 Å². The topological polar surface area (TPSA) is 111 Å². The van der Waals surface area contributed by atoms with Crippen molar-refractivity contribution in [3.05, 3.63) is 90.3 Å². The molecule has 2 amide bonds.